The van der Waals surface area contributed by atoms with Gasteiger partial charge < -0.3 is 25.6 Å². The van der Waals surface area contributed by atoms with E-state index in [1.807, 2.05) is 12.1 Å². The zero-order valence-corrected chi connectivity index (χ0v) is 34.9. The third-order valence-corrected chi connectivity index (χ3v) is 17.3. The van der Waals surface area contributed by atoms with Crippen LogP contribution >= 0.6 is 0 Å². The first kappa shape index (κ1) is 40.5. The quantitative estimate of drug-likeness (QED) is 0.150. The van der Waals surface area contributed by atoms with Crippen molar-refractivity contribution >= 4 is 17.8 Å². The third kappa shape index (κ3) is 6.41. The van der Waals surface area contributed by atoms with E-state index < -0.39 is 23.3 Å². The molecule has 5 aliphatic rings. The smallest absolute Gasteiger partial charge is 0.328 e. The number of carbonyl (C=O) groups is 3. The third-order valence-electron chi connectivity index (χ3n) is 17.3. The lowest BCUT2D eigenvalue weighted by Gasteiger charge is -2.72. The number of phenolic OH excluding ortho intramolecular Hbond substituents is 1. The van der Waals surface area contributed by atoms with E-state index >= 15 is 0 Å². The van der Waals surface area contributed by atoms with Crippen molar-refractivity contribution in [2.24, 2.45) is 56.7 Å². The maximum atomic E-state index is 14.8. The Morgan fingerprint density at radius 3 is 2.29 bits per heavy atom. The minimum absolute atomic E-state index is 0.0775. The monoisotopic (exact) mass is 766 g/mol. The van der Waals surface area contributed by atoms with Crippen LogP contribution in [-0.2, 0) is 27.3 Å². The number of methoxy groups -OCH3 is 1. The number of phenols is 1. The molecule has 304 valence electrons. The SMILES string of the molecule is C=C(C)[C@@H]1CC[C@]2(C(=O)NCc3cccc(C(=O)NC(Cc4ccc(O)cc4)C(=O)OC)c3)CC[C@]3(C)C(CCC4[C@@]5(C)CC[C@H](O)C(C)(C)C5CC[C@]43C)C12. The molecule has 0 spiro atoms. The average molecular weight is 767 g/mol. The second-order valence-electron chi connectivity index (χ2n) is 20.0. The number of aromatic hydroxyl groups is 1. The minimum atomic E-state index is -0.908. The Morgan fingerprint density at radius 1 is 0.857 bits per heavy atom. The van der Waals surface area contributed by atoms with Crippen molar-refractivity contribution in [3.63, 3.8) is 0 Å². The second-order valence-corrected chi connectivity index (χ2v) is 20.0. The van der Waals surface area contributed by atoms with Gasteiger partial charge >= 0.3 is 5.97 Å². The maximum absolute atomic E-state index is 14.8. The van der Waals surface area contributed by atoms with Crippen molar-refractivity contribution in [3.05, 3.63) is 77.4 Å². The molecule has 2 aromatic rings. The average Bonchev–Trinajstić information content (AvgIpc) is 3.57. The molecule has 2 amide bonds. The number of aliphatic hydroxyl groups excluding tert-OH is 1. The predicted octanol–water partition coefficient (Wildman–Crippen LogP) is 8.54. The summed E-state index contributed by atoms with van der Waals surface area (Å²) in [5.74, 6) is 1.41. The highest BCUT2D eigenvalue weighted by molar-refractivity contribution is 5.97. The number of amides is 2. The zero-order chi connectivity index (χ0) is 40.4. The van der Waals surface area contributed by atoms with Crippen molar-refractivity contribution in [3.8, 4) is 5.75 Å². The van der Waals surface area contributed by atoms with Gasteiger partial charge in [-0.15, -0.1) is 0 Å². The van der Waals surface area contributed by atoms with Crippen LogP contribution in [0.15, 0.2) is 60.7 Å². The molecule has 8 nitrogen and oxygen atoms in total. The molecule has 4 N–H and O–H groups in total. The number of aliphatic hydroxyl groups is 1. The molecule has 5 saturated carbocycles. The van der Waals surface area contributed by atoms with E-state index in [1.54, 1.807) is 36.4 Å². The number of benzene rings is 2. The molecule has 0 saturated heterocycles. The van der Waals surface area contributed by atoms with Crippen LogP contribution in [0.1, 0.15) is 127 Å². The van der Waals surface area contributed by atoms with Crippen LogP contribution in [0.4, 0.5) is 0 Å². The van der Waals surface area contributed by atoms with E-state index in [0.717, 1.165) is 62.5 Å². The number of carbonyl (C=O) groups excluding carboxylic acids is 3. The van der Waals surface area contributed by atoms with Crippen LogP contribution in [0.5, 0.6) is 5.75 Å². The summed E-state index contributed by atoms with van der Waals surface area (Å²) in [7, 11) is 1.29. The fourth-order valence-electron chi connectivity index (χ4n) is 14.1. The highest BCUT2D eigenvalue weighted by Crippen LogP contribution is 2.77. The summed E-state index contributed by atoms with van der Waals surface area (Å²) in [5, 5.41) is 27.0. The molecular formula is C48H66N2O6. The minimum Gasteiger partial charge on any atom is -0.508 e. The van der Waals surface area contributed by atoms with Gasteiger partial charge in [-0.1, -0.05) is 71.0 Å². The first-order valence-electron chi connectivity index (χ1n) is 21.3. The molecular weight excluding hydrogens is 701 g/mol. The first-order chi connectivity index (χ1) is 26.4. The number of allylic oxidation sites excluding steroid dienone is 1. The summed E-state index contributed by atoms with van der Waals surface area (Å²) in [5.41, 5.74) is 3.15. The molecule has 11 atom stereocenters. The lowest BCUT2D eigenvalue weighted by molar-refractivity contribution is -0.246. The number of hydrogen-bond donors (Lipinski definition) is 4. The zero-order valence-electron chi connectivity index (χ0n) is 34.9. The number of nitrogens with one attached hydrogen (secondary N) is 2. The van der Waals surface area contributed by atoms with Gasteiger partial charge in [0, 0.05) is 18.5 Å². The number of fused-ring (bicyclic) bond motifs is 7. The number of hydrogen-bond acceptors (Lipinski definition) is 6. The van der Waals surface area contributed by atoms with E-state index in [4.69, 9.17) is 4.74 Å². The Hall–Kier alpha value is -3.65. The normalized spacial score (nSPS) is 37.4. The second kappa shape index (κ2) is 14.6. The summed E-state index contributed by atoms with van der Waals surface area (Å²) in [6, 6.07) is 12.8. The van der Waals surface area contributed by atoms with Crippen molar-refractivity contribution in [2.45, 2.75) is 131 Å². The molecule has 0 aromatic heterocycles. The fourth-order valence-corrected chi connectivity index (χ4v) is 14.1. The van der Waals surface area contributed by atoms with Gasteiger partial charge in [-0.2, -0.15) is 0 Å². The Bertz CT molecular complexity index is 1860. The molecule has 5 fully saturated rings. The van der Waals surface area contributed by atoms with E-state index in [2.05, 4.69) is 58.8 Å². The lowest BCUT2D eigenvalue weighted by Crippen LogP contribution is -2.67. The summed E-state index contributed by atoms with van der Waals surface area (Å²) >= 11 is 0. The van der Waals surface area contributed by atoms with Crippen LogP contribution in [0.25, 0.3) is 0 Å². The standard InChI is InChI=1S/C48H66N2O6/c1-29(2)34-18-23-48(25-24-46(6)35(40(34)48)16-17-38-45(5)21-20-39(52)44(3,4)37(45)19-22-47(38,46)7)43(55)49-28-31-10-9-11-32(26-31)41(53)50-36(42(54)56-8)27-30-12-14-33(51)15-13-30/h9-15,26,34-40,51-52H,1,16-25,27-28H2,2-8H3,(H,49,55)(H,50,53)/t34-,35?,36?,37?,38?,39-,40?,45-,46+,47+,48-/m0/s1. The van der Waals surface area contributed by atoms with Gasteiger partial charge in [0.2, 0.25) is 5.91 Å². The Kier molecular flexibility index (Phi) is 10.6. The molecule has 0 bridgehead atoms. The Morgan fingerprint density at radius 2 is 1.59 bits per heavy atom. The molecule has 5 aliphatic carbocycles. The van der Waals surface area contributed by atoms with Crippen LogP contribution in [0.3, 0.4) is 0 Å². The molecule has 56 heavy (non-hydrogen) atoms. The number of ether oxygens (including phenoxy) is 1. The molecule has 8 heteroatoms. The van der Waals surface area contributed by atoms with E-state index in [1.165, 1.54) is 25.5 Å². The molecule has 0 aliphatic heterocycles. The maximum Gasteiger partial charge on any atom is 0.328 e. The van der Waals surface area contributed by atoms with Crippen LogP contribution in [0, 0.1) is 56.7 Å². The van der Waals surface area contributed by atoms with Gasteiger partial charge in [0.25, 0.3) is 5.91 Å². The van der Waals surface area contributed by atoms with Crippen molar-refractivity contribution in [2.75, 3.05) is 7.11 Å². The molecule has 5 unspecified atom stereocenters. The molecule has 0 radical (unpaired) electrons. The van der Waals surface area contributed by atoms with Gasteiger partial charge in [0.05, 0.1) is 18.6 Å². The van der Waals surface area contributed by atoms with Gasteiger partial charge in [-0.25, -0.2) is 4.79 Å². The van der Waals surface area contributed by atoms with Gasteiger partial charge in [-0.05, 0) is 158 Å². The van der Waals surface area contributed by atoms with Crippen molar-refractivity contribution < 1.29 is 29.3 Å². The van der Waals surface area contributed by atoms with Gasteiger partial charge in [-0.3, -0.25) is 9.59 Å². The first-order valence-corrected chi connectivity index (χ1v) is 21.3. The highest BCUT2D eigenvalue weighted by Gasteiger charge is 2.71. The largest absolute Gasteiger partial charge is 0.508 e. The Balaban J connectivity index is 1.08. The summed E-state index contributed by atoms with van der Waals surface area (Å²) < 4.78 is 4.99. The fraction of sp³-hybridized carbons (Fsp3) is 0.646. The lowest BCUT2D eigenvalue weighted by atomic mass is 9.32. The number of esters is 1. The van der Waals surface area contributed by atoms with E-state index in [0.29, 0.717) is 35.8 Å². The highest BCUT2D eigenvalue weighted by atomic mass is 16.5. The van der Waals surface area contributed by atoms with Gasteiger partial charge in [0.15, 0.2) is 0 Å². The number of rotatable bonds is 9. The molecule has 0 heterocycles. The van der Waals surface area contributed by atoms with Crippen LogP contribution in [0.2, 0.25) is 0 Å². The summed E-state index contributed by atoms with van der Waals surface area (Å²) in [4.78, 5) is 40.9. The van der Waals surface area contributed by atoms with E-state index in [9.17, 15) is 24.6 Å². The van der Waals surface area contributed by atoms with Gasteiger partial charge in [0.1, 0.15) is 11.8 Å². The molecule has 2 aromatic carbocycles. The van der Waals surface area contributed by atoms with E-state index in [-0.39, 0.29) is 51.8 Å². The van der Waals surface area contributed by atoms with Crippen LogP contribution in [-0.4, -0.2) is 47.3 Å². The summed E-state index contributed by atoms with van der Waals surface area (Å²) in [6.07, 6.45) is 10.4. The Labute approximate surface area is 334 Å². The van der Waals surface area contributed by atoms with Crippen LogP contribution < -0.4 is 10.6 Å². The predicted molar refractivity (Wildman–Crippen MR) is 218 cm³/mol. The topological polar surface area (TPSA) is 125 Å². The summed E-state index contributed by atoms with van der Waals surface area (Å²) in [6.45, 7) is 19.4. The molecule has 7 rings (SSSR count). The van der Waals surface area contributed by atoms with Crippen molar-refractivity contribution in [1.82, 2.24) is 10.6 Å². The van der Waals surface area contributed by atoms with Crippen molar-refractivity contribution in [1.29, 1.82) is 0 Å².